The van der Waals surface area contributed by atoms with Gasteiger partial charge in [0.2, 0.25) is 0 Å². The molecule has 1 aromatic carbocycles. The number of rotatable bonds is 2. The van der Waals surface area contributed by atoms with Gasteiger partial charge in [-0.15, -0.1) is 5.92 Å². The van der Waals surface area contributed by atoms with E-state index in [4.69, 9.17) is 4.74 Å². The maximum atomic E-state index is 14.4. The second-order valence-corrected chi connectivity index (χ2v) is 4.61. The van der Waals surface area contributed by atoms with Crippen LogP contribution in [0.3, 0.4) is 0 Å². The Morgan fingerprint density at radius 1 is 1.19 bits per heavy atom. The second-order valence-electron chi connectivity index (χ2n) is 4.61. The highest BCUT2D eigenvalue weighted by atomic mass is 19.1. The number of methoxy groups -OCH3 is 1. The maximum Gasteiger partial charge on any atom is 0.258 e. The molecule has 0 bridgehead atoms. The van der Waals surface area contributed by atoms with E-state index in [0.29, 0.717) is 5.56 Å². The van der Waals surface area contributed by atoms with Crippen LogP contribution in [0.15, 0.2) is 12.1 Å². The van der Waals surface area contributed by atoms with Crippen LogP contribution in [0, 0.1) is 17.7 Å². The first-order chi connectivity index (χ1) is 9.92. The van der Waals surface area contributed by atoms with E-state index in [-0.39, 0.29) is 11.3 Å². The predicted molar refractivity (Wildman–Crippen MR) is 73.8 cm³/mol. The monoisotopic (exact) mass is 290 g/mol. The van der Waals surface area contributed by atoms with E-state index in [2.05, 4.69) is 11.8 Å². The standard InChI is InChI=1S/C15H15FN2O3/c1-5-6-9-7-10(16)12(11(8-9)21-4)13-14(19)17(2)18(3)15(13)20/h7-8,13H,1-4H3. The third-order valence-corrected chi connectivity index (χ3v) is 3.45. The number of halogens is 1. The van der Waals surface area contributed by atoms with Gasteiger partial charge in [0.15, 0.2) is 5.92 Å². The first-order valence-electron chi connectivity index (χ1n) is 6.27. The quantitative estimate of drug-likeness (QED) is 0.606. The lowest BCUT2D eigenvalue weighted by Gasteiger charge is -2.17. The average molecular weight is 290 g/mol. The van der Waals surface area contributed by atoms with Crippen LogP contribution >= 0.6 is 0 Å². The second kappa shape index (κ2) is 5.44. The first-order valence-corrected chi connectivity index (χ1v) is 6.27. The Morgan fingerprint density at radius 2 is 1.76 bits per heavy atom. The number of benzene rings is 1. The van der Waals surface area contributed by atoms with E-state index in [1.807, 2.05) is 0 Å². The van der Waals surface area contributed by atoms with Crippen molar-refractivity contribution in [1.29, 1.82) is 0 Å². The van der Waals surface area contributed by atoms with Crippen LogP contribution in [-0.2, 0) is 9.59 Å². The Hall–Kier alpha value is -2.55. The summed E-state index contributed by atoms with van der Waals surface area (Å²) in [6.45, 7) is 1.63. The van der Waals surface area contributed by atoms with Crippen molar-refractivity contribution in [3.8, 4) is 17.6 Å². The molecule has 1 aliphatic rings. The Labute approximate surface area is 122 Å². The van der Waals surface area contributed by atoms with Crippen LogP contribution in [0.5, 0.6) is 5.75 Å². The number of likely N-dealkylation sites (N-methyl/N-ethyl adjacent to an activating group) is 2. The van der Waals surface area contributed by atoms with Crippen LogP contribution in [0.4, 0.5) is 4.39 Å². The number of hydrogen-bond donors (Lipinski definition) is 0. The molecule has 1 fully saturated rings. The Morgan fingerprint density at radius 3 is 2.24 bits per heavy atom. The Bertz CT molecular complexity index is 655. The van der Waals surface area contributed by atoms with E-state index in [0.717, 1.165) is 10.0 Å². The molecule has 1 aromatic rings. The minimum absolute atomic E-state index is 0.0506. The molecule has 110 valence electrons. The third-order valence-electron chi connectivity index (χ3n) is 3.45. The molecular weight excluding hydrogens is 275 g/mol. The molecule has 2 rings (SSSR count). The number of nitrogens with zero attached hydrogens (tertiary/aromatic N) is 2. The van der Waals surface area contributed by atoms with E-state index in [9.17, 15) is 14.0 Å². The van der Waals surface area contributed by atoms with Crippen molar-refractivity contribution in [2.45, 2.75) is 12.8 Å². The van der Waals surface area contributed by atoms with E-state index in [1.165, 1.54) is 33.3 Å². The highest BCUT2D eigenvalue weighted by Gasteiger charge is 2.45. The molecule has 2 amide bonds. The number of hydrogen-bond acceptors (Lipinski definition) is 3. The fourth-order valence-electron chi connectivity index (χ4n) is 2.28. The fourth-order valence-corrected chi connectivity index (χ4v) is 2.28. The van der Waals surface area contributed by atoms with E-state index in [1.54, 1.807) is 6.92 Å². The summed E-state index contributed by atoms with van der Waals surface area (Å²) in [4.78, 5) is 24.3. The number of hydrazine groups is 1. The molecule has 6 heteroatoms. The largest absolute Gasteiger partial charge is 0.496 e. The van der Waals surface area contributed by atoms with E-state index < -0.39 is 23.5 Å². The third kappa shape index (κ3) is 2.31. The van der Waals surface area contributed by atoms with Crippen LogP contribution in [0.2, 0.25) is 0 Å². The lowest BCUT2D eigenvalue weighted by molar-refractivity contribution is -0.141. The highest BCUT2D eigenvalue weighted by Crippen LogP contribution is 2.36. The van der Waals surface area contributed by atoms with Gasteiger partial charge in [0.25, 0.3) is 11.8 Å². The summed E-state index contributed by atoms with van der Waals surface area (Å²) >= 11 is 0. The minimum Gasteiger partial charge on any atom is -0.496 e. The number of amides is 2. The molecule has 0 aliphatic carbocycles. The van der Waals surface area contributed by atoms with Gasteiger partial charge in [0.1, 0.15) is 11.6 Å². The van der Waals surface area contributed by atoms with Crippen LogP contribution in [0.25, 0.3) is 0 Å². The van der Waals surface area contributed by atoms with Crippen molar-refractivity contribution in [2.24, 2.45) is 0 Å². The van der Waals surface area contributed by atoms with Gasteiger partial charge in [-0.3, -0.25) is 19.6 Å². The molecular formula is C15H15FN2O3. The van der Waals surface area contributed by atoms with Gasteiger partial charge in [-0.25, -0.2) is 4.39 Å². The van der Waals surface area contributed by atoms with Gasteiger partial charge < -0.3 is 4.74 Å². The molecule has 0 unspecified atom stereocenters. The Balaban J connectivity index is 2.60. The number of ether oxygens (including phenoxy) is 1. The molecule has 0 radical (unpaired) electrons. The van der Waals surface area contributed by atoms with Crippen molar-refractivity contribution in [2.75, 3.05) is 21.2 Å². The minimum atomic E-state index is -1.22. The Kier molecular flexibility index (Phi) is 3.85. The van der Waals surface area contributed by atoms with Crippen molar-refractivity contribution >= 4 is 11.8 Å². The summed E-state index contributed by atoms with van der Waals surface area (Å²) in [5.41, 5.74) is 0.376. The number of carbonyl (C=O) groups is 2. The summed E-state index contributed by atoms with van der Waals surface area (Å²) in [5, 5.41) is 2.32. The SMILES string of the molecule is CC#Cc1cc(F)c(C2C(=O)N(C)N(C)C2=O)c(OC)c1. The van der Waals surface area contributed by atoms with Gasteiger partial charge >= 0.3 is 0 Å². The maximum absolute atomic E-state index is 14.4. The smallest absolute Gasteiger partial charge is 0.258 e. The highest BCUT2D eigenvalue weighted by molar-refractivity contribution is 6.10. The van der Waals surface area contributed by atoms with Crippen LogP contribution < -0.4 is 4.74 Å². The molecule has 5 nitrogen and oxygen atoms in total. The lowest BCUT2D eigenvalue weighted by Crippen LogP contribution is -2.33. The first kappa shape index (κ1) is 14.9. The molecule has 0 atom stereocenters. The summed E-state index contributed by atoms with van der Waals surface area (Å²) < 4.78 is 19.5. The van der Waals surface area contributed by atoms with Gasteiger partial charge in [0, 0.05) is 19.7 Å². The summed E-state index contributed by atoms with van der Waals surface area (Å²) in [5.74, 6) is 2.64. The van der Waals surface area contributed by atoms with Gasteiger partial charge in [0.05, 0.1) is 12.7 Å². The molecule has 0 spiro atoms. The summed E-state index contributed by atoms with van der Waals surface area (Å²) in [7, 11) is 4.28. The topological polar surface area (TPSA) is 49.9 Å². The molecule has 0 N–H and O–H groups in total. The zero-order valence-corrected chi connectivity index (χ0v) is 12.2. The lowest BCUT2D eigenvalue weighted by atomic mass is 9.95. The average Bonchev–Trinajstić information content (AvgIpc) is 2.64. The molecule has 1 saturated heterocycles. The predicted octanol–water partition coefficient (Wildman–Crippen LogP) is 1.13. The fraction of sp³-hybridized carbons (Fsp3) is 0.333. The van der Waals surface area contributed by atoms with E-state index >= 15 is 0 Å². The van der Waals surface area contributed by atoms with Crippen LogP contribution in [0.1, 0.15) is 24.0 Å². The van der Waals surface area contributed by atoms with Gasteiger partial charge in [-0.05, 0) is 19.1 Å². The zero-order chi connectivity index (χ0) is 15.7. The molecule has 1 heterocycles. The van der Waals surface area contributed by atoms with Crippen molar-refractivity contribution in [1.82, 2.24) is 10.0 Å². The van der Waals surface area contributed by atoms with Gasteiger partial charge in [-0.2, -0.15) is 0 Å². The molecule has 0 aromatic heterocycles. The molecule has 21 heavy (non-hydrogen) atoms. The van der Waals surface area contributed by atoms with Crippen molar-refractivity contribution in [3.05, 3.63) is 29.1 Å². The molecule has 0 saturated carbocycles. The van der Waals surface area contributed by atoms with Crippen molar-refractivity contribution in [3.63, 3.8) is 0 Å². The van der Waals surface area contributed by atoms with Crippen molar-refractivity contribution < 1.29 is 18.7 Å². The van der Waals surface area contributed by atoms with Crippen LogP contribution in [-0.4, -0.2) is 43.0 Å². The number of carbonyl (C=O) groups excluding carboxylic acids is 2. The zero-order valence-electron chi connectivity index (χ0n) is 12.2. The normalized spacial score (nSPS) is 15.3. The summed E-state index contributed by atoms with van der Waals surface area (Å²) in [6.07, 6.45) is 0. The van der Waals surface area contributed by atoms with Gasteiger partial charge in [-0.1, -0.05) is 5.92 Å². The molecule has 1 aliphatic heterocycles. The summed E-state index contributed by atoms with van der Waals surface area (Å²) in [6, 6.07) is 2.72.